The third kappa shape index (κ3) is 4.62. The number of nitrogens with one attached hydrogen (secondary N) is 1. The molecule has 1 fully saturated rings. The fourth-order valence-electron chi connectivity index (χ4n) is 4.25. The van der Waals surface area contributed by atoms with Crippen LogP contribution in [0.25, 0.3) is 5.65 Å². The minimum absolute atomic E-state index is 0.0764. The number of carbonyl (C=O) groups excluding carboxylic acids is 1. The maximum absolute atomic E-state index is 13.2. The van der Waals surface area contributed by atoms with Crippen LogP contribution in [0, 0.1) is 0 Å². The van der Waals surface area contributed by atoms with Crippen molar-refractivity contribution in [1.82, 2.24) is 24.8 Å². The van der Waals surface area contributed by atoms with E-state index in [0.717, 1.165) is 37.2 Å². The molecule has 3 unspecified atom stereocenters. The molecule has 170 valence electrons. The Bertz CT molecular complexity index is 1080. The van der Waals surface area contributed by atoms with Gasteiger partial charge in [-0.15, -0.1) is 10.2 Å². The van der Waals surface area contributed by atoms with Crippen molar-refractivity contribution >= 4 is 11.6 Å². The minimum atomic E-state index is -4.43. The van der Waals surface area contributed by atoms with Gasteiger partial charge in [0.25, 0.3) is 0 Å². The Morgan fingerprint density at radius 2 is 1.88 bits per heavy atom. The van der Waals surface area contributed by atoms with Crippen molar-refractivity contribution in [1.29, 1.82) is 0 Å². The maximum Gasteiger partial charge on any atom is 0.417 e. The fraction of sp³-hybridized carbons (Fsp3) is 0.435. The van der Waals surface area contributed by atoms with Gasteiger partial charge in [0.1, 0.15) is 5.82 Å². The molecule has 4 rings (SSSR count). The lowest BCUT2D eigenvalue weighted by Crippen LogP contribution is -2.49. The minimum Gasteiger partial charge on any atom is -0.348 e. The van der Waals surface area contributed by atoms with Crippen LogP contribution in [0.2, 0.25) is 0 Å². The molecule has 6 nitrogen and oxygen atoms in total. The summed E-state index contributed by atoms with van der Waals surface area (Å²) in [5.74, 6) is 0.317. The van der Waals surface area contributed by atoms with E-state index in [4.69, 9.17) is 0 Å². The Morgan fingerprint density at radius 3 is 2.59 bits per heavy atom. The standard InChI is InChI=1S/C23H26F3N5O/c1-15(17-7-4-3-5-8-17)27-22(32)16(2)30-12-6-9-18(13-30)21-29-28-20-11-10-19(14-31(20)21)23(24,25)26/h3-5,7-8,10-11,14-16,18H,6,9,12-13H2,1-2H3,(H,27,32). The van der Waals surface area contributed by atoms with Crippen LogP contribution in [-0.4, -0.2) is 44.5 Å². The van der Waals surface area contributed by atoms with Crippen molar-refractivity contribution in [3.05, 3.63) is 65.6 Å². The van der Waals surface area contributed by atoms with Gasteiger partial charge in [-0.1, -0.05) is 30.3 Å². The SMILES string of the molecule is CC(NC(=O)C(C)N1CCCC(c2nnc3ccc(C(F)(F)F)cn23)C1)c1ccccc1. The van der Waals surface area contributed by atoms with Gasteiger partial charge in [0.15, 0.2) is 5.65 Å². The van der Waals surface area contributed by atoms with E-state index in [-0.39, 0.29) is 23.9 Å². The highest BCUT2D eigenvalue weighted by Crippen LogP contribution is 2.31. The molecule has 3 atom stereocenters. The quantitative estimate of drug-likeness (QED) is 0.640. The molecule has 3 heterocycles. The summed E-state index contributed by atoms with van der Waals surface area (Å²) < 4.78 is 40.9. The number of aromatic nitrogens is 3. The highest BCUT2D eigenvalue weighted by molar-refractivity contribution is 5.81. The van der Waals surface area contributed by atoms with Crippen LogP contribution in [-0.2, 0) is 11.0 Å². The van der Waals surface area contributed by atoms with Gasteiger partial charge in [0.05, 0.1) is 17.6 Å². The lowest BCUT2D eigenvalue weighted by Gasteiger charge is -2.36. The van der Waals surface area contributed by atoms with Crippen LogP contribution in [0.5, 0.6) is 0 Å². The molecule has 0 aliphatic carbocycles. The van der Waals surface area contributed by atoms with E-state index in [2.05, 4.69) is 20.4 Å². The molecule has 1 saturated heterocycles. The summed E-state index contributed by atoms with van der Waals surface area (Å²) in [5, 5.41) is 11.3. The number of rotatable bonds is 5. The molecule has 32 heavy (non-hydrogen) atoms. The average Bonchev–Trinajstić information content (AvgIpc) is 3.22. The van der Waals surface area contributed by atoms with Crippen LogP contribution in [0.3, 0.4) is 0 Å². The predicted octanol–water partition coefficient (Wildman–Crippen LogP) is 4.19. The summed E-state index contributed by atoms with van der Waals surface area (Å²) in [5.41, 5.74) is 0.675. The van der Waals surface area contributed by atoms with E-state index < -0.39 is 11.7 Å². The van der Waals surface area contributed by atoms with Crippen LogP contribution in [0.1, 0.15) is 55.6 Å². The fourth-order valence-corrected chi connectivity index (χ4v) is 4.25. The summed E-state index contributed by atoms with van der Waals surface area (Å²) in [4.78, 5) is 14.9. The number of nitrogens with zero attached hydrogens (tertiary/aromatic N) is 4. The topological polar surface area (TPSA) is 62.5 Å². The van der Waals surface area contributed by atoms with Gasteiger partial charge in [0.2, 0.25) is 5.91 Å². The van der Waals surface area contributed by atoms with E-state index in [1.807, 2.05) is 44.2 Å². The Balaban J connectivity index is 1.48. The van der Waals surface area contributed by atoms with Crippen molar-refractivity contribution in [2.45, 2.75) is 50.9 Å². The Labute approximate surface area is 184 Å². The van der Waals surface area contributed by atoms with Gasteiger partial charge in [-0.3, -0.25) is 14.1 Å². The molecule has 2 aromatic heterocycles. The van der Waals surface area contributed by atoms with Crippen molar-refractivity contribution in [3.8, 4) is 0 Å². The molecular formula is C23H26F3N5O. The lowest BCUT2D eigenvalue weighted by atomic mass is 9.95. The van der Waals surface area contributed by atoms with Crippen LogP contribution < -0.4 is 5.32 Å². The van der Waals surface area contributed by atoms with Crippen LogP contribution in [0.15, 0.2) is 48.7 Å². The zero-order valence-electron chi connectivity index (χ0n) is 18.0. The van der Waals surface area contributed by atoms with E-state index in [9.17, 15) is 18.0 Å². The molecule has 1 aliphatic heterocycles. The van der Waals surface area contributed by atoms with E-state index in [1.54, 1.807) is 0 Å². The molecule has 9 heteroatoms. The van der Waals surface area contributed by atoms with E-state index in [1.165, 1.54) is 10.5 Å². The Kier molecular flexibility index (Phi) is 6.19. The number of carbonyl (C=O) groups is 1. The van der Waals surface area contributed by atoms with Gasteiger partial charge < -0.3 is 5.32 Å². The number of benzene rings is 1. The zero-order chi connectivity index (χ0) is 22.9. The summed E-state index contributed by atoms with van der Waals surface area (Å²) in [6, 6.07) is 11.6. The second kappa shape index (κ2) is 8.90. The molecular weight excluding hydrogens is 419 g/mol. The van der Waals surface area contributed by atoms with Crippen LogP contribution in [0.4, 0.5) is 13.2 Å². The smallest absolute Gasteiger partial charge is 0.348 e. The molecule has 0 spiro atoms. The summed E-state index contributed by atoms with van der Waals surface area (Å²) in [6.07, 6.45) is -1.77. The summed E-state index contributed by atoms with van der Waals surface area (Å²) >= 11 is 0. The van der Waals surface area contributed by atoms with Gasteiger partial charge >= 0.3 is 6.18 Å². The first-order valence-corrected chi connectivity index (χ1v) is 10.8. The third-order valence-corrected chi connectivity index (χ3v) is 6.16. The van der Waals surface area contributed by atoms with Crippen molar-refractivity contribution in [2.75, 3.05) is 13.1 Å². The molecule has 1 N–H and O–H groups in total. The summed E-state index contributed by atoms with van der Waals surface area (Å²) in [6.45, 7) is 5.08. The first kappa shape index (κ1) is 22.3. The number of alkyl halides is 3. The Morgan fingerprint density at radius 1 is 1.12 bits per heavy atom. The number of hydrogen-bond donors (Lipinski definition) is 1. The van der Waals surface area contributed by atoms with E-state index in [0.29, 0.717) is 18.0 Å². The number of amides is 1. The highest BCUT2D eigenvalue weighted by atomic mass is 19.4. The lowest BCUT2D eigenvalue weighted by molar-refractivity contribution is -0.138. The first-order chi connectivity index (χ1) is 15.2. The van der Waals surface area contributed by atoms with Gasteiger partial charge in [-0.2, -0.15) is 13.2 Å². The van der Waals surface area contributed by atoms with Gasteiger partial charge in [-0.25, -0.2) is 0 Å². The predicted molar refractivity (Wildman–Crippen MR) is 114 cm³/mol. The monoisotopic (exact) mass is 445 g/mol. The second-order valence-corrected chi connectivity index (χ2v) is 8.35. The molecule has 0 saturated carbocycles. The summed E-state index contributed by atoms with van der Waals surface area (Å²) in [7, 11) is 0. The molecule has 0 bridgehead atoms. The van der Waals surface area contributed by atoms with Crippen molar-refractivity contribution in [2.24, 2.45) is 0 Å². The number of pyridine rings is 1. The number of fused-ring (bicyclic) bond motifs is 1. The van der Waals surface area contributed by atoms with Crippen molar-refractivity contribution < 1.29 is 18.0 Å². The number of halogens is 3. The highest BCUT2D eigenvalue weighted by Gasteiger charge is 2.33. The molecule has 1 amide bonds. The molecule has 1 aromatic carbocycles. The van der Waals surface area contributed by atoms with Gasteiger partial charge in [0, 0.05) is 18.7 Å². The first-order valence-electron chi connectivity index (χ1n) is 10.8. The van der Waals surface area contributed by atoms with E-state index >= 15 is 0 Å². The zero-order valence-corrected chi connectivity index (χ0v) is 18.0. The van der Waals surface area contributed by atoms with Crippen LogP contribution >= 0.6 is 0 Å². The largest absolute Gasteiger partial charge is 0.417 e. The van der Waals surface area contributed by atoms with Gasteiger partial charge in [-0.05, 0) is 50.9 Å². The Hall–Kier alpha value is -2.94. The molecule has 1 aliphatic rings. The second-order valence-electron chi connectivity index (χ2n) is 8.35. The number of piperidine rings is 1. The van der Waals surface area contributed by atoms with Crippen molar-refractivity contribution in [3.63, 3.8) is 0 Å². The average molecular weight is 445 g/mol. The maximum atomic E-state index is 13.2. The number of likely N-dealkylation sites (tertiary alicyclic amines) is 1. The molecule has 0 radical (unpaired) electrons. The number of hydrogen-bond acceptors (Lipinski definition) is 4. The molecule has 3 aromatic rings. The third-order valence-electron chi connectivity index (χ3n) is 6.16. The normalized spacial score (nSPS) is 19.6.